The van der Waals surface area contributed by atoms with E-state index in [0.717, 1.165) is 44.1 Å². The summed E-state index contributed by atoms with van der Waals surface area (Å²) in [7, 11) is 1.57. The minimum Gasteiger partial charge on any atom is -0.481 e. The van der Waals surface area contributed by atoms with Crippen LogP contribution in [-0.2, 0) is 16.1 Å². The maximum Gasteiger partial charge on any atom is 0.271 e. The van der Waals surface area contributed by atoms with Gasteiger partial charge in [0.2, 0.25) is 11.8 Å². The molecule has 0 unspecified atom stereocenters. The van der Waals surface area contributed by atoms with Gasteiger partial charge in [-0.25, -0.2) is 9.97 Å². The van der Waals surface area contributed by atoms with E-state index < -0.39 is 11.9 Å². The molecule has 0 bridgehead atoms. The number of anilines is 1. The molecule has 2 heterocycles. The van der Waals surface area contributed by atoms with Crippen LogP contribution in [0.3, 0.4) is 0 Å². The third-order valence-corrected chi connectivity index (χ3v) is 7.12. The summed E-state index contributed by atoms with van der Waals surface area (Å²) in [6.07, 6.45) is 10.7. The van der Waals surface area contributed by atoms with Crippen molar-refractivity contribution in [3.63, 3.8) is 0 Å². The lowest BCUT2D eigenvalue weighted by molar-refractivity contribution is -0.124. The first kappa shape index (κ1) is 24.0. The van der Waals surface area contributed by atoms with Gasteiger partial charge >= 0.3 is 0 Å². The number of nitrogens with one attached hydrogen (secondary N) is 3. The van der Waals surface area contributed by atoms with Crippen LogP contribution in [0.2, 0.25) is 0 Å². The van der Waals surface area contributed by atoms with Crippen molar-refractivity contribution < 1.29 is 19.5 Å². The highest BCUT2D eigenvalue weighted by Gasteiger charge is 2.49. The van der Waals surface area contributed by atoms with Gasteiger partial charge in [0.05, 0.1) is 20.0 Å². The monoisotopic (exact) mass is 493 g/mol. The molecule has 1 atom stereocenters. The largest absolute Gasteiger partial charge is 0.481 e. The second-order valence-electron chi connectivity index (χ2n) is 9.93. The van der Waals surface area contributed by atoms with Gasteiger partial charge in [-0.15, -0.1) is 0 Å². The summed E-state index contributed by atoms with van der Waals surface area (Å²) in [4.78, 5) is 35.0. The number of ether oxygens (including phenoxy) is 1. The van der Waals surface area contributed by atoms with Crippen LogP contribution in [-0.4, -0.2) is 56.1 Å². The zero-order chi connectivity index (χ0) is 25.2. The number of hydrogen-bond acceptors (Lipinski definition) is 8. The van der Waals surface area contributed by atoms with Crippen LogP contribution >= 0.6 is 0 Å². The number of imidazole rings is 1. The number of rotatable bonds is 12. The normalized spacial score (nSPS) is 18.6. The van der Waals surface area contributed by atoms with Gasteiger partial charge in [0.15, 0.2) is 5.82 Å². The molecule has 0 saturated heterocycles. The number of oxime groups is 1. The molecule has 2 aromatic heterocycles. The first-order valence-electron chi connectivity index (χ1n) is 12.4. The van der Waals surface area contributed by atoms with Crippen molar-refractivity contribution >= 4 is 29.1 Å². The number of amides is 2. The van der Waals surface area contributed by atoms with Crippen LogP contribution < -0.4 is 15.4 Å². The first-order valence-corrected chi connectivity index (χ1v) is 12.4. The van der Waals surface area contributed by atoms with Crippen LogP contribution in [0, 0.1) is 29.1 Å². The Morgan fingerprint density at radius 2 is 1.94 bits per heavy atom. The van der Waals surface area contributed by atoms with Gasteiger partial charge < -0.3 is 25.1 Å². The fourth-order valence-corrected chi connectivity index (χ4v) is 4.89. The Morgan fingerprint density at radius 3 is 2.56 bits per heavy atom. The van der Waals surface area contributed by atoms with Crippen molar-refractivity contribution in [3.8, 4) is 5.88 Å². The van der Waals surface area contributed by atoms with Gasteiger partial charge in [0.25, 0.3) is 5.91 Å². The van der Waals surface area contributed by atoms with Crippen molar-refractivity contribution in [1.29, 1.82) is 5.41 Å². The summed E-state index contributed by atoms with van der Waals surface area (Å²) in [5, 5.41) is 26.4. The van der Waals surface area contributed by atoms with Crippen LogP contribution in [0.25, 0.3) is 0 Å². The van der Waals surface area contributed by atoms with Gasteiger partial charge in [-0.3, -0.25) is 15.0 Å². The number of pyridine rings is 1. The Morgan fingerprint density at radius 1 is 1.22 bits per heavy atom. The summed E-state index contributed by atoms with van der Waals surface area (Å²) in [5.41, 5.74) is 0.585. The zero-order valence-corrected chi connectivity index (χ0v) is 20.2. The molecule has 2 aromatic rings. The molecular formula is C25H31N7O4. The van der Waals surface area contributed by atoms with Crippen molar-refractivity contribution in [2.24, 2.45) is 28.8 Å². The molecule has 3 aliphatic rings. The third kappa shape index (κ3) is 5.39. The van der Waals surface area contributed by atoms with E-state index in [1.807, 2.05) is 16.7 Å². The van der Waals surface area contributed by atoms with Gasteiger partial charge in [-0.2, -0.15) is 0 Å². The fourth-order valence-electron chi connectivity index (χ4n) is 4.89. The Labute approximate surface area is 208 Å². The molecule has 3 aliphatic carbocycles. The van der Waals surface area contributed by atoms with E-state index in [0.29, 0.717) is 30.1 Å². The molecule has 36 heavy (non-hydrogen) atoms. The number of aromatic nitrogens is 3. The molecule has 5 rings (SSSR count). The van der Waals surface area contributed by atoms with Gasteiger partial charge in [0, 0.05) is 23.9 Å². The number of carbonyl (C=O) groups is 2. The van der Waals surface area contributed by atoms with Gasteiger partial charge in [-0.1, -0.05) is 11.2 Å². The van der Waals surface area contributed by atoms with E-state index in [4.69, 9.17) is 10.1 Å². The minimum atomic E-state index is -0.791. The molecule has 0 spiro atoms. The quantitative estimate of drug-likeness (QED) is 0.202. The maximum atomic E-state index is 13.5. The van der Waals surface area contributed by atoms with E-state index >= 15 is 0 Å². The second-order valence-corrected chi connectivity index (χ2v) is 9.93. The summed E-state index contributed by atoms with van der Waals surface area (Å²) in [6.45, 7) is 0.467. The van der Waals surface area contributed by atoms with Gasteiger partial charge in [0.1, 0.15) is 17.5 Å². The molecule has 0 aliphatic heterocycles. The number of methoxy groups -OCH3 is 1. The lowest BCUT2D eigenvalue weighted by Gasteiger charge is -2.27. The molecular weight excluding hydrogens is 462 g/mol. The van der Waals surface area contributed by atoms with E-state index in [1.54, 1.807) is 25.8 Å². The number of nitrogens with zero attached hydrogens (tertiary/aromatic N) is 4. The highest BCUT2D eigenvalue weighted by Crippen LogP contribution is 2.50. The predicted molar refractivity (Wildman–Crippen MR) is 131 cm³/mol. The fraction of sp³-hybridized carbons (Fsp3) is 0.520. The maximum absolute atomic E-state index is 13.5. The lowest BCUT2D eigenvalue weighted by atomic mass is 9.88. The number of carbonyl (C=O) groups excluding carboxylic acids is 2. The van der Waals surface area contributed by atoms with Crippen LogP contribution in [0.1, 0.15) is 44.1 Å². The Balaban J connectivity index is 1.30. The molecule has 190 valence electrons. The highest BCUT2D eigenvalue weighted by molar-refractivity contribution is 6.66. The third-order valence-electron chi connectivity index (χ3n) is 7.12. The molecule has 11 heteroatoms. The Bertz CT molecular complexity index is 1170. The zero-order valence-electron chi connectivity index (χ0n) is 20.2. The molecule has 0 aromatic carbocycles. The summed E-state index contributed by atoms with van der Waals surface area (Å²) < 4.78 is 7.12. The molecule has 3 fully saturated rings. The Hall–Kier alpha value is -3.76. The van der Waals surface area contributed by atoms with Crippen molar-refractivity contribution in [2.75, 3.05) is 12.4 Å². The highest BCUT2D eigenvalue weighted by atomic mass is 16.5. The first-order chi connectivity index (χ1) is 17.5. The van der Waals surface area contributed by atoms with Crippen LogP contribution in [0.5, 0.6) is 5.88 Å². The summed E-state index contributed by atoms with van der Waals surface area (Å²) in [5.74, 6) is 0.576. The predicted octanol–water partition coefficient (Wildman–Crippen LogP) is 2.45. The van der Waals surface area contributed by atoms with E-state index in [-0.39, 0.29) is 29.2 Å². The van der Waals surface area contributed by atoms with Crippen molar-refractivity contribution in [1.82, 2.24) is 19.9 Å². The average molecular weight is 494 g/mol. The molecule has 4 N–H and O–H groups in total. The van der Waals surface area contributed by atoms with Crippen LogP contribution in [0.15, 0.2) is 36.0 Å². The molecule has 2 amide bonds. The molecule has 3 saturated carbocycles. The van der Waals surface area contributed by atoms with E-state index in [2.05, 4.69) is 25.8 Å². The average Bonchev–Trinajstić information content (AvgIpc) is 3.73. The van der Waals surface area contributed by atoms with Crippen LogP contribution in [0.4, 0.5) is 5.82 Å². The Kier molecular flexibility index (Phi) is 6.71. The summed E-state index contributed by atoms with van der Waals surface area (Å²) >= 11 is 0. The van der Waals surface area contributed by atoms with E-state index in [1.165, 1.54) is 0 Å². The summed E-state index contributed by atoms with van der Waals surface area (Å²) in [6, 6.07) is 2.95. The SMILES string of the molecule is COc1ncccc1Cn1cnc(NC(=O)[C@@H](NC(=O)C(=N)/C(=N\O)C2CC2)C(C2CC2)C2CC2)c1. The van der Waals surface area contributed by atoms with Crippen molar-refractivity contribution in [3.05, 3.63) is 36.4 Å². The second kappa shape index (κ2) is 10.1. The number of hydrogen-bond donors (Lipinski definition) is 4. The van der Waals surface area contributed by atoms with E-state index in [9.17, 15) is 14.8 Å². The topological polar surface area (TPSA) is 155 Å². The standard InChI is InChI=1S/C25H31N7O4/c1-36-25-17(3-2-10-27-25)11-32-12-18(28-13-32)29-24(34)22(19(14-4-5-14)15-6-7-15)30-23(33)20(26)21(31-35)16-8-9-16/h2-3,10,12-16,19,22,26,35H,4-9,11H2,1H3,(H,29,34)(H,30,33)/b26-20?,31-21-/t22-/m0/s1. The minimum absolute atomic E-state index is 0.0129. The van der Waals surface area contributed by atoms with Gasteiger partial charge in [-0.05, 0) is 62.3 Å². The van der Waals surface area contributed by atoms with Crippen molar-refractivity contribution in [2.45, 2.75) is 51.1 Å². The molecule has 11 nitrogen and oxygen atoms in total. The molecule has 0 radical (unpaired) electrons. The lowest BCUT2D eigenvalue weighted by Crippen LogP contribution is -2.52. The smallest absolute Gasteiger partial charge is 0.271 e.